The fraction of sp³-hybridized carbons (Fsp3) is 0.250. The van der Waals surface area contributed by atoms with Gasteiger partial charge in [0.1, 0.15) is 5.82 Å². The molecule has 0 aliphatic carbocycles. The van der Waals surface area contributed by atoms with Crippen molar-refractivity contribution in [3.8, 4) is 0 Å². The molecule has 1 N–H and O–H groups in total. The van der Waals surface area contributed by atoms with Gasteiger partial charge in [0.25, 0.3) is 0 Å². The van der Waals surface area contributed by atoms with Gasteiger partial charge in [-0.15, -0.1) is 0 Å². The molecular formula is C12H13N3O2. The summed E-state index contributed by atoms with van der Waals surface area (Å²) in [4.78, 5) is 19.9. The fourth-order valence-electron chi connectivity index (χ4n) is 1.49. The zero-order valence-corrected chi connectivity index (χ0v) is 9.51. The molecule has 2 rings (SSSR count). The third kappa shape index (κ3) is 2.76. The average molecular weight is 231 g/mol. The number of anilines is 1. The molecule has 17 heavy (non-hydrogen) atoms. The van der Waals surface area contributed by atoms with E-state index in [1.807, 2.05) is 12.1 Å². The lowest BCUT2D eigenvalue weighted by molar-refractivity contribution is -0.117. The summed E-state index contributed by atoms with van der Waals surface area (Å²) in [5, 5.41) is 3.58. The smallest absolute Gasteiger partial charge is 0.227 e. The SMILES string of the molecule is COCCC(=O)Nc1nccc2ncccc12. The molecule has 0 atom stereocenters. The summed E-state index contributed by atoms with van der Waals surface area (Å²) in [7, 11) is 1.56. The molecule has 0 aliphatic heterocycles. The second-order valence-electron chi connectivity index (χ2n) is 3.52. The highest BCUT2D eigenvalue weighted by molar-refractivity contribution is 5.99. The Hall–Kier alpha value is -2.01. The van der Waals surface area contributed by atoms with E-state index in [1.165, 1.54) is 0 Å². The van der Waals surface area contributed by atoms with Gasteiger partial charge in [0.2, 0.25) is 5.91 Å². The Bertz CT molecular complexity index is 523. The van der Waals surface area contributed by atoms with Gasteiger partial charge in [0.05, 0.1) is 18.5 Å². The summed E-state index contributed by atoms with van der Waals surface area (Å²) >= 11 is 0. The van der Waals surface area contributed by atoms with Crippen molar-refractivity contribution >= 4 is 22.6 Å². The predicted molar refractivity (Wildman–Crippen MR) is 64.7 cm³/mol. The van der Waals surface area contributed by atoms with Gasteiger partial charge in [-0.2, -0.15) is 0 Å². The minimum absolute atomic E-state index is 0.115. The Kier molecular flexibility index (Phi) is 3.62. The Morgan fingerprint density at radius 1 is 1.35 bits per heavy atom. The molecule has 0 spiro atoms. The van der Waals surface area contributed by atoms with E-state index in [2.05, 4.69) is 15.3 Å². The average Bonchev–Trinajstić information content (AvgIpc) is 2.37. The van der Waals surface area contributed by atoms with Crippen LogP contribution in [0.25, 0.3) is 10.9 Å². The Morgan fingerprint density at radius 2 is 2.24 bits per heavy atom. The maximum absolute atomic E-state index is 11.6. The van der Waals surface area contributed by atoms with E-state index in [1.54, 1.807) is 25.6 Å². The Morgan fingerprint density at radius 3 is 3.06 bits per heavy atom. The number of rotatable bonds is 4. The third-order valence-electron chi connectivity index (χ3n) is 2.32. The summed E-state index contributed by atoms with van der Waals surface area (Å²) in [5.74, 6) is 0.424. The van der Waals surface area contributed by atoms with Gasteiger partial charge >= 0.3 is 0 Å². The highest BCUT2D eigenvalue weighted by atomic mass is 16.5. The van der Waals surface area contributed by atoms with E-state index >= 15 is 0 Å². The van der Waals surface area contributed by atoms with Crippen LogP contribution in [-0.4, -0.2) is 29.6 Å². The number of aromatic nitrogens is 2. The number of nitrogens with one attached hydrogen (secondary N) is 1. The van der Waals surface area contributed by atoms with Crippen LogP contribution in [0.3, 0.4) is 0 Å². The first-order chi connectivity index (χ1) is 8.31. The molecule has 1 amide bonds. The lowest BCUT2D eigenvalue weighted by Gasteiger charge is -2.06. The van der Waals surface area contributed by atoms with Crippen LogP contribution in [0.2, 0.25) is 0 Å². The summed E-state index contributed by atoms with van der Waals surface area (Å²) < 4.78 is 4.84. The first kappa shape index (κ1) is 11.5. The van der Waals surface area contributed by atoms with Gasteiger partial charge in [0.15, 0.2) is 0 Å². The summed E-state index contributed by atoms with van der Waals surface area (Å²) in [5.41, 5.74) is 0.810. The van der Waals surface area contributed by atoms with Crippen LogP contribution in [-0.2, 0) is 9.53 Å². The van der Waals surface area contributed by atoms with Crippen molar-refractivity contribution in [2.45, 2.75) is 6.42 Å². The minimum Gasteiger partial charge on any atom is -0.384 e. The first-order valence-corrected chi connectivity index (χ1v) is 5.30. The molecular weight excluding hydrogens is 218 g/mol. The molecule has 0 bridgehead atoms. The number of carbonyl (C=O) groups is 1. The van der Waals surface area contributed by atoms with E-state index in [4.69, 9.17) is 4.74 Å². The van der Waals surface area contributed by atoms with Crippen LogP contribution in [0.5, 0.6) is 0 Å². The van der Waals surface area contributed by atoms with Crippen LogP contribution in [0, 0.1) is 0 Å². The van der Waals surface area contributed by atoms with Gasteiger partial charge < -0.3 is 10.1 Å². The predicted octanol–water partition coefficient (Wildman–Crippen LogP) is 1.60. The molecule has 0 saturated carbocycles. The van der Waals surface area contributed by atoms with Gasteiger partial charge in [-0.3, -0.25) is 9.78 Å². The molecule has 0 aliphatic rings. The summed E-state index contributed by atoms with van der Waals surface area (Å²) in [6.07, 6.45) is 3.65. The van der Waals surface area contributed by atoms with Crippen LogP contribution < -0.4 is 5.32 Å². The van der Waals surface area contributed by atoms with Gasteiger partial charge in [0, 0.05) is 24.9 Å². The van der Waals surface area contributed by atoms with E-state index in [0.29, 0.717) is 18.8 Å². The van der Waals surface area contributed by atoms with Crippen molar-refractivity contribution in [3.63, 3.8) is 0 Å². The number of fused-ring (bicyclic) bond motifs is 1. The van der Waals surface area contributed by atoms with Crippen molar-refractivity contribution in [3.05, 3.63) is 30.6 Å². The van der Waals surface area contributed by atoms with Crippen LogP contribution in [0.4, 0.5) is 5.82 Å². The largest absolute Gasteiger partial charge is 0.384 e. The number of ether oxygens (including phenoxy) is 1. The van der Waals surface area contributed by atoms with E-state index < -0.39 is 0 Å². The maximum Gasteiger partial charge on any atom is 0.227 e. The van der Waals surface area contributed by atoms with Crippen molar-refractivity contribution in [2.24, 2.45) is 0 Å². The number of carbonyl (C=O) groups excluding carboxylic acids is 1. The second-order valence-corrected chi connectivity index (χ2v) is 3.52. The molecule has 0 unspecified atom stereocenters. The maximum atomic E-state index is 11.6. The number of hydrogen-bond donors (Lipinski definition) is 1. The number of amides is 1. The minimum atomic E-state index is -0.115. The third-order valence-corrected chi connectivity index (χ3v) is 2.32. The Labute approximate surface area is 98.8 Å². The van der Waals surface area contributed by atoms with Crippen molar-refractivity contribution in [1.29, 1.82) is 0 Å². The van der Waals surface area contributed by atoms with Gasteiger partial charge in [-0.05, 0) is 18.2 Å². The zero-order valence-electron chi connectivity index (χ0n) is 9.51. The highest BCUT2D eigenvalue weighted by Gasteiger charge is 2.06. The van der Waals surface area contributed by atoms with E-state index in [-0.39, 0.29) is 5.91 Å². The van der Waals surface area contributed by atoms with Crippen LogP contribution >= 0.6 is 0 Å². The molecule has 5 heteroatoms. The lowest BCUT2D eigenvalue weighted by atomic mass is 10.2. The summed E-state index contributed by atoms with van der Waals surface area (Å²) in [6.45, 7) is 0.398. The van der Waals surface area contributed by atoms with Crippen molar-refractivity contribution < 1.29 is 9.53 Å². The lowest BCUT2D eigenvalue weighted by Crippen LogP contribution is -2.14. The molecule has 2 aromatic heterocycles. The number of pyridine rings is 2. The zero-order chi connectivity index (χ0) is 12.1. The molecule has 0 saturated heterocycles. The van der Waals surface area contributed by atoms with Gasteiger partial charge in [-0.25, -0.2) is 4.98 Å². The van der Waals surface area contributed by atoms with Crippen LogP contribution in [0.15, 0.2) is 30.6 Å². The van der Waals surface area contributed by atoms with E-state index in [9.17, 15) is 4.79 Å². The van der Waals surface area contributed by atoms with Crippen molar-refractivity contribution in [2.75, 3.05) is 19.0 Å². The monoisotopic (exact) mass is 231 g/mol. The summed E-state index contributed by atoms with van der Waals surface area (Å²) in [6, 6.07) is 5.50. The van der Waals surface area contributed by atoms with Crippen molar-refractivity contribution in [1.82, 2.24) is 9.97 Å². The molecule has 0 aromatic carbocycles. The fourth-order valence-corrected chi connectivity index (χ4v) is 1.49. The molecule has 88 valence electrons. The second kappa shape index (κ2) is 5.36. The number of methoxy groups -OCH3 is 1. The first-order valence-electron chi connectivity index (χ1n) is 5.30. The number of nitrogens with zero attached hydrogens (tertiary/aromatic N) is 2. The quantitative estimate of drug-likeness (QED) is 0.868. The van der Waals surface area contributed by atoms with Crippen LogP contribution in [0.1, 0.15) is 6.42 Å². The standard InChI is InChI=1S/C12H13N3O2/c1-17-8-5-11(16)15-12-9-3-2-6-13-10(9)4-7-14-12/h2-4,6-7H,5,8H2,1H3,(H,14,15,16). The molecule has 5 nitrogen and oxygen atoms in total. The topological polar surface area (TPSA) is 64.1 Å². The molecule has 0 fully saturated rings. The molecule has 0 radical (unpaired) electrons. The molecule has 2 heterocycles. The Balaban J connectivity index is 2.21. The van der Waals surface area contributed by atoms with E-state index in [0.717, 1.165) is 10.9 Å². The number of hydrogen-bond acceptors (Lipinski definition) is 4. The molecule has 2 aromatic rings. The normalized spacial score (nSPS) is 10.4. The highest BCUT2D eigenvalue weighted by Crippen LogP contribution is 2.18. The van der Waals surface area contributed by atoms with Gasteiger partial charge in [-0.1, -0.05) is 0 Å².